The number of phenolic OH excluding ortho intramolecular Hbond substituents is 2. The molecule has 14 nitrogen and oxygen atoms in total. The van der Waals surface area contributed by atoms with Crippen molar-refractivity contribution in [2.24, 2.45) is 0 Å². The lowest BCUT2D eigenvalue weighted by Crippen LogP contribution is -2.10. The monoisotopic (exact) mass is 731 g/mol. The second-order valence-electron chi connectivity index (χ2n) is 11.7. The van der Waals surface area contributed by atoms with Gasteiger partial charge in [-0.1, -0.05) is 0 Å². The van der Waals surface area contributed by atoms with E-state index >= 15 is 0 Å². The van der Waals surface area contributed by atoms with E-state index in [9.17, 15) is 24.6 Å². The van der Waals surface area contributed by atoms with Gasteiger partial charge in [0, 0.05) is 16.7 Å². The lowest BCUT2D eigenvalue weighted by molar-refractivity contribution is -0.144. The minimum absolute atomic E-state index is 0.0444. The molecular weight excluding hydrogens is 686 g/mol. The predicted molar refractivity (Wildman–Crippen MR) is 194 cm³/mol. The van der Waals surface area contributed by atoms with Crippen molar-refractivity contribution >= 4 is 17.9 Å². The van der Waals surface area contributed by atoms with Crippen LogP contribution < -0.4 is 14.2 Å². The molecule has 14 heteroatoms. The van der Waals surface area contributed by atoms with Gasteiger partial charge in [-0.15, -0.1) is 0 Å². The number of aryl methyl sites for hydroxylation is 1. The van der Waals surface area contributed by atoms with Crippen molar-refractivity contribution in [1.29, 1.82) is 0 Å². The smallest absolute Gasteiger partial charge is 0.309 e. The Kier molecular flexibility index (Phi) is 14.3. The second kappa shape index (κ2) is 19.1. The van der Waals surface area contributed by atoms with Crippen LogP contribution in [0.3, 0.4) is 0 Å². The molecule has 1 aromatic heterocycles. The number of benzene rings is 3. The van der Waals surface area contributed by atoms with Gasteiger partial charge in [0.05, 0.1) is 70.0 Å². The zero-order chi connectivity index (χ0) is 38.5. The molecule has 53 heavy (non-hydrogen) atoms. The third-order valence-electron chi connectivity index (χ3n) is 7.92. The average Bonchev–Trinajstić information content (AvgIpc) is 3.13. The number of carbonyl (C=O) groups excluding carboxylic acids is 3. The standard InChI is InChI=1S/C39H45N3O11/c1-7-48-32(43)16-19-51-29-13-10-26(22-23(29)4)37-40-38(27-11-14-30(24(5)35(27)46)52-20-17-33(44)49-8-2)42-39(41-37)28-12-15-31(25(6)36(28)47)53-21-18-34(45)50-9-3/h10-15,22,46-47H,7-9,16-21H2,1-6H3. The summed E-state index contributed by atoms with van der Waals surface area (Å²) in [5, 5.41) is 22.7. The van der Waals surface area contributed by atoms with E-state index in [4.69, 9.17) is 38.4 Å². The molecule has 0 unspecified atom stereocenters. The molecule has 0 atom stereocenters. The lowest BCUT2D eigenvalue weighted by Gasteiger charge is -2.16. The highest BCUT2D eigenvalue weighted by molar-refractivity contribution is 5.75. The Labute approximate surface area is 308 Å². The SMILES string of the molecule is CCOC(=O)CCOc1ccc(-c2nc(-c3ccc(OCCC(=O)OCC)c(C)c3O)nc(-c3ccc(OCCC(=O)OCC)c(C)c3O)n2)cc1C. The highest BCUT2D eigenvalue weighted by Gasteiger charge is 2.21. The van der Waals surface area contributed by atoms with Crippen LogP contribution in [0, 0.1) is 20.8 Å². The van der Waals surface area contributed by atoms with Crippen LogP contribution in [0.1, 0.15) is 56.7 Å². The van der Waals surface area contributed by atoms with Crippen molar-refractivity contribution in [2.75, 3.05) is 39.6 Å². The number of ether oxygens (including phenoxy) is 6. The largest absolute Gasteiger partial charge is 0.507 e. The van der Waals surface area contributed by atoms with Gasteiger partial charge in [-0.2, -0.15) is 0 Å². The minimum atomic E-state index is -0.391. The van der Waals surface area contributed by atoms with E-state index in [1.165, 1.54) is 0 Å². The Bertz CT molecular complexity index is 1830. The molecular formula is C39H45N3O11. The van der Waals surface area contributed by atoms with Crippen molar-refractivity contribution in [2.45, 2.75) is 60.8 Å². The Morgan fingerprint density at radius 3 is 1.32 bits per heavy atom. The molecule has 0 aliphatic carbocycles. The van der Waals surface area contributed by atoms with E-state index in [0.29, 0.717) is 40.5 Å². The molecule has 1 heterocycles. The van der Waals surface area contributed by atoms with Gasteiger partial charge in [0.15, 0.2) is 17.5 Å². The molecule has 4 aromatic rings. The van der Waals surface area contributed by atoms with Gasteiger partial charge in [0.2, 0.25) is 0 Å². The molecule has 2 N–H and O–H groups in total. The second-order valence-corrected chi connectivity index (χ2v) is 11.7. The zero-order valence-electron chi connectivity index (χ0n) is 30.8. The summed E-state index contributed by atoms with van der Waals surface area (Å²) >= 11 is 0. The van der Waals surface area contributed by atoms with E-state index in [1.807, 2.05) is 13.0 Å². The highest BCUT2D eigenvalue weighted by atomic mass is 16.5. The Balaban J connectivity index is 1.72. The molecule has 282 valence electrons. The van der Waals surface area contributed by atoms with Gasteiger partial charge in [-0.3, -0.25) is 14.4 Å². The van der Waals surface area contributed by atoms with Crippen LogP contribution in [0.2, 0.25) is 0 Å². The van der Waals surface area contributed by atoms with Crippen LogP contribution in [0.25, 0.3) is 34.2 Å². The number of phenols is 2. The first kappa shape index (κ1) is 39.9. The molecule has 0 saturated carbocycles. The maximum atomic E-state index is 11.8. The van der Waals surface area contributed by atoms with Crippen molar-refractivity contribution in [3.8, 4) is 62.9 Å². The van der Waals surface area contributed by atoms with Gasteiger partial charge < -0.3 is 38.6 Å². The van der Waals surface area contributed by atoms with Crippen molar-refractivity contribution < 1.29 is 53.0 Å². The minimum Gasteiger partial charge on any atom is -0.507 e. The molecule has 0 aliphatic heterocycles. The summed E-state index contributed by atoms with van der Waals surface area (Å²) in [7, 11) is 0. The summed E-state index contributed by atoms with van der Waals surface area (Å²) in [5.74, 6) is 0.341. The van der Waals surface area contributed by atoms with E-state index in [0.717, 1.165) is 5.56 Å². The number of hydrogen-bond donors (Lipinski definition) is 2. The van der Waals surface area contributed by atoms with Gasteiger partial charge in [0.1, 0.15) is 28.7 Å². The molecule has 0 amide bonds. The molecule has 0 aliphatic rings. The van der Waals surface area contributed by atoms with Crippen LogP contribution in [0.15, 0.2) is 42.5 Å². The first-order chi connectivity index (χ1) is 25.5. The number of nitrogens with zero attached hydrogens (tertiary/aromatic N) is 3. The number of hydrogen-bond acceptors (Lipinski definition) is 14. The van der Waals surface area contributed by atoms with Gasteiger partial charge in [0.25, 0.3) is 0 Å². The van der Waals surface area contributed by atoms with Crippen LogP contribution in [0.4, 0.5) is 0 Å². The molecule has 0 saturated heterocycles. The van der Waals surface area contributed by atoms with Crippen LogP contribution in [-0.2, 0) is 28.6 Å². The van der Waals surface area contributed by atoms with E-state index < -0.39 is 11.9 Å². The topological polar surface area (TPSA) is 186 Å². The summed E-state index contributed by atoms with van der Waals surface area (Å²) in [5.41, 5.74) is 2.69. The van der Waals surface area contributed by atoms with Crippen molar-refractivity contribution in [3.63, 3.8) is 0 Å². The summed E-state index contributed by atoms with van der Waals surface area (Å²) in [6.45, 7) is 11.5. The first-order valence-electron chi connectivity index (χ1n) is 17.3. The Morgan fingerprint density at radius 1 is 0.547 bits per heavy atom. The zero-order valence-corrected chi connectivity index (χ0v) is 30.8. The van der Waals surface area contributed by atoms with Gasteiger partial charge >= 0.3 is 17.9 Å². The number of esters is 3. The molecule has 0 radical (unpaired) electrons. The molecule has 0 spiro atoms. The molecule has 0 fully saturated rings. The fraction of sp³-hybridized carbons (Fsp3) is 0.385. The normalized spacial score (nSPS) is 10.8. The molecule has 4 rings (SSSR count). The Hall–Kier alpha value is -5.92. The van der Waals surface area contributed by atoms with E-state index in [2.05, 4.69) is 4.98 Å². The fourth-order valence-electron chi connectivity index (χ4n) is 5.17. The van der Waals surface area contributed by atoms with Gasteiger partial charge in [-0.05, 0) is 89.6 Å². The quantitative estimate of drug-likeness (QED) is 0.0870. The predicted octanol–water partition coefficient (Wildman–Crippen LogP) is 6.21. The van der Waals surface area contributed by atoms with Crippen LogP contribution in [-0.4, -0.2) is 82.7 Å². The van der Waals surface area contributed by atoms with Crippen LogP contribution >= 0.6 is 0 Å². The maximum absolute atomic E-state index is 11.8. The van der Waals surface area contributed by atoms with E-state index in [-0.39, 0.29) is 98.4 Å². The number of carbonyl (C=O) groups is 3. The molecule has 3 aromatic carbocycles. The third-order valence-corrected chi connectivity index (χ3v) is 7.92. The number of aromatic hydroxyl groups is 2. The Morgan fingerprint density at radius 2 is 0.925 bits per heavy atom. The van der Waals surface area contributed by atoms with Crippen molar-refractivity contribution in [1.82, 2.24) is 15.0 Å². The summed E-state index contributed by atoms with van der Waals surface area (Å²) in [6, 6.07) is 11.8. The molecule has 0 bridgehead atoms. The van der Waals surface area contributed by atoms with Crippen LogP contribution in [0.5, 0.6) is 28.7 Å². The van der Waals surface area contributed by atoms with E-state index in [1.54, 1.807) is 71.0 Å². The number of rotatable bonds is 18. The summed E-state index contributed by atoms with van der Waals surface area (Å²) in [6.07, 6.45) is 0.191. The summed E-state index contributed by atoms with van der Waals surface area (Å²) < 4.78 is 32.2. The van der Waals surface area contributed by atoms with Gasteiger partial charge in [-0.25, -0.2) is 15.0 Å². The fourth-order valence-corrected chi connectivity index (χ4v) is 5.17. The lowest BCUT2D eigenvalue weighted by atomic mass is 10.1. The number of aromatic nitrogens is 3. The van der Waals surface area contributed by atoms with Crippen molar-refractivity contribution in [3.05, 3.63) is 59.2 Å². The first-order valence-corrected chi connectivity index (χ1v) is 17.3. The summed E-state index contributed by atoms with van der Waals surface area (Å²) in [4.78, 5) is 49.4. The average molecular weight is 732 g/mol. The third kappa shape index (κ3) is 10.6. The highest BCUT2D eigenvalue weighted by Crippen LogP contribution is 2.40. The maximum Gasteiger partial charge on any atom is 0.309 e.